The number of aliphatic hydroxyl groups excluding tert-OH is 1. The zero-order chi connectivity index (χ0) is 23.5. The summed E-state index contributed by atoms with van der Waals surface area (Å²) in [5.74, 6) is 3.01. The molecule has 2 heteroatoms. The Balaban J connectivity index is 0.00000119. The molecule has 0 spiro atoms. The lowest BCUT2D eigenvalue weighted by atomic mass is 9.35. The lowest BCUT2D eigenvalue weighted by Gasteiger charge is -2.69. The predicted molar refractivity (Wildman–Crippen MR) is 133 cm³/mol. The van der Waals surface area contributed by atoms with Gasteiger partial charge in [-0.25, -0.2) is 0 Å². The second-order valence-electron chi connectivity index (χ2n) is 13.1. The molecule has 1 N–H and O–H groups in total. The molecule has 0 radical (unpaired) electrons. The molecule has 0 saturated heterocycles. The fraction of sp³-hybridized carbons (Fsp3) is 0.900. The number of allylic oxidation sites excluding steroid dienone is 2. The van der Waals surface area contributed by atoms with E-state index in [1.807, 2.05) is 13.8 Å². The van der Waals surface area contributed by atoms with Crippen LogP contribution in [0.1, 0.15) is 113 Å². The van der Waals surface area contributed by atoms with Crippen LogP contribution in [0, 0.1) is 51.2 Å². The van der Waals surface area contributed by atoms with E-state index in [4.69, 9.17) is 0 Å². The van der Waals surface area contributed by atoms with Gasteiger partial charge in [-0.3, -0.25) is 0 Å². The minimum atomic E-state index is -0.107. The Labute approximate surface area is 198 Å². The SMILES string of the molecule is CC.CC1CCC2(C=O)CCC3(C)C(=CCC4C5(C)CCC(O)C(C)C5CCC43C)C2C1. The fourth-order valence-corrected chi connectivity index (χ4v) is 9.97. The summed E-state index contributed by atoms with van der Waals surface area (Å²) in [6, 6.07) is 0. The maximum atomic E-state index is 12.4. The Morgan fingerprint density at radius 2 is 1.69 bits per heavy atom. The summed E-state index contributed by atoms with van der Waals surface area (Å²) in [6.45, 7) is 16.5. The van der Waals surface area contributed by atoms with Crippen molar-refractivity contribution in [2.75, 3.05) is 0 Å². The zero-order valence-corrected chi connectivity index (χ0v) is 22.0. The standard InChI is InChI=1S/C28H44O2.C2H6/c1-18-8-13-28(17-29)15-14-26(4)21(22(28)16-18)6-7-24-25(3)11-10-23(30)19(2)20(25)9-12-27(24,26)5;1-2/h6,17-20,22-24,30H,7-16H2,1-5H3;1-2H3. The highest BCUT2D eigenvalue weighted by Gasteiger charge is 2.66. The van der Waals surface area contributed by atoms with Crippen molar-refractivity contribution < 1.29 is 9.90 Å². The summed E-state index contributed by atoms with van der Waals surface area (Å²) in [5, 5.41) is 10.6. The van der Waals surface area contributed by atoms with Gasteiger partial charge in [0, 0.05) is 5.41 Å². The van der Waals surface area contributed by atoms with Crippen LogP contribution >= 0.6 is 0 Å². The van der Waals surface area contributed by atoms with Crippen LogP contribution in [0.15, 0.2) is 11.6 Å². The molecule has 5 aliphatic rings. The third-order valence-corrected chi connectivity index (χ3v) is 12.2. The lowest BCUT2D eigenvalue weighted by molar-refractivity contribution is -0.179. The molecule has 0 aromatic carbocycles. The van der Waals surface area contributed by atoms with E-state index in [1.54, 1.807) is 5.57 Å². The van der Waals surface area contributed by atoms with Gasteiger partial charge in [0.05, 0.1) is 6.10 Å². The number of hydrogen-bond donors (Lipinski definition) is 1. The second kappa shape index (κ2) is 8.24. The summed E-state index contributed by atoms with van der Waals surface area (Å²) < 4.78 is 0. The van der Waals surface area contributed by atoms with Crippen molar-refractivity contribution in [1.82, 2.24) is 0 Å². The topological polar surface area (TPSA) is 37.3 Å². The molecule has 0 heterocycles. The van der Waals surface area contributed by atoms with Gasteiger partial charge in [0.2, 0.25) is 0 Å². The predicted octanol–water partition coefficient (Wildman–Crippen LogP) is 7.59. The molecule has 182 valence electrons. The van der Waals surface area contributed by atoms with Gasteiger partial charge in [0.25, 0.3) is 0 Å². The smallest absolute Gasteiger partial charge is 0.126 e. The summed E-state index contributed by atoms with van der Waals surface area (Å²) in [5.41, 5.74) is 2.50. The van der Waals surface area contributed by atoms with Gasteiger partial charge in [0.1, 0.15) is 6.29 Å². The molecular weight excluding hydrogens is 392 g/mol. The van der Waals surface area contributed by atoms with E-state index in [2.05, 4.69) is 40.7 Å². The van der Waals surface area contributed by atoms with E-state index < -0.39 is 0 Å². The maximum absolute atomic E-state index is 12.4. The van der Waals surface area contributed by atoms with Crippen LogP contribution in [-0.2, 0) is 4.79 Å². The van der Waals surface area contributed by atoms with Gasteiger partial charge in [-0.1, -0.05) is 60.1 Å². The number of rotatable bonds is 1. The molecule has 0 aromatic rings. The monoisotopic (exact) mass is 442 g/mol. The molecule has 0 aromatic heterocycles. The first-order valence-corrected chi connectivity index (χ1v) is 14.0. The van der Waals surface area contributed by atoms with E-state index >= 15 is 0 Å². The number of aldehydes is 1. The molecule has 5 aliphatic carbocycles. The molecule has 0 amide bonds. The quantitative estimate of drug-likeness (QED) is 0.335. The van der Waals surface area contributed by atoms with Gasteiger partial charge < -0.3 is 9.90 Å². The van der Waals surface area contributed by atoms with Gasteiger partial charge in [-0.05, 0) is 110 Å². The Kier molecular flexibility index (Phi) is 6.31. The van der Waals surface area contributed by atoms with Gasteiger partial charge in [-0.2, -0.15) is 0 Å². The molecule has 0 aliphatic heterocycles. The van der Waals surface area contributed by atoms with E-state index in [1.165, 1.54) is 51.2 Å². The van der Waals surface area contributed by atoms with Gasteiger partial charge in [0.15, 0.2) is 0 Å². The van der Waals surface area contributed by atoms with E-state index in [9.17, 15) is 9.90 Å². The number of hydrogen-bond acceptors (Lipinski definition) is 2. The largest absolute Gasteiger partial charge is 0.393 e. The Hall–Kier alpha value is -0.630. The number of fused-ring (bicyclic) bond motifs is 7. The molecule has 10 unspecified atom stereocenters. The maximum Gasteiger partial charge on any atom is 0.126 e. The Bertz CT molecular complexity index is 756. The van der Waals surface area contributed by atoms with Crippen molar-refractivity contribution in [2.24, 2.45) is 51.2 Å². The number of aliphatic hydroxyl groups is 1. The summed E-state index contributed by atoms with van der Waals surface area (Å²) in [7, 11) is 0. The van der Waals surface area contributed by atoms with Crippen molar-refractivity contribution in [3.63, 3.8) is 0 Å². The van der Waals surface area contributed by atoms with Crippen LogP contribution in [0.3, 0.4) is 0 Å². The third-order valence-electron chi connectivity index (χ3n) is 12.2. The molecule has 4 saturated carbocycles. The molecule has 4 fully saturated rings. The van der Waals surface area contributed by atoms with Crippen molar-refractivity contribution in [3.8, 4) is 0 Å². The van der Waals surface area contributed by atoms with Crippen molar-refractivity contribution >= 4 is 6.29 Å². The highest BCUT2D eigenvalue weighted by Crippen LogP contribution is 2.74. The highest BCUT2D eigenvalue weighted by molar-refractivity contribution is 5.63. The first kappa shape index (κ1) is 24.5. The van der Waals surface area contributed by atoms with Gasteiger partial charge in [-0.15, -0.1) is 0 Å². The van der Waals surface area contributed by atoms with E-state index in [0.29, 0.717) is 34.5 Å². The van der Waals surface area contributed by atoms with Crippen LogP contribution in [0.2, 0.25) is 0 Å². The van der Waals surface area contributed by atoms with Crippen LogP contribution in [0.5, 0.6) is 0 Å². The average Bonchev–Trinajstić information content (AvgIpc) is 2.78. The minimum absolute atomic E-state index is 0.0778. The molecule has 32 heavy (non-hydrogen) atoms. The summed E-state index contributed by atoms with van der Waals surface area (Å²) in [4.78, 5) is 12.4. The number of carbonyl (C=O) groups is 1. The van der Waals surface area contributed by atoms with Crippen molar-refractivity contribution in [2.45, 2.75) is 119 Å². The Morgan fingerprint density at radius 1 is 0.969 bits per heavy atom. The molecule has 2 nitrogen and oxygen atoms in total. The summed E-state index contributed by atoms with van der Waals surface area (Å²) in [6.07, 6.45) is 15.6. The van der Waals surface area contributed by atoms with Crippen LogP contribution < -0.4 is 0 Å². The fourth-order valence-electron chi connectivity index (χ4n) is 9.97. The van der Waals surface area contributed by atoms with Crippen molar-refractivity contribution in [1.29, 1.82) is 0 Å². The molecule has 0 bridgehead atoms. The Morgan fingerprint density at radius 3 is 2.38 bits per heavy atom. The van der Waals surface area contributed by atoms with E-state index in [-0.39, 0.29) is 16.9 Å². The van der Waals surface area contributed by atoms with Crippen LogP contribution in [0.25, 0.3) is 0 Å². The van der Waals surface area contributed by atoms with E-state index in [0.717, 1.165) is 25.2 Å². The minimum Gasteiger partial charge on any atom is -0.393 e. The number of carbonyl (C=O) groups excluding carboxylic acids is 1. The summed E-state index contributed by atoms with van der Waals surface area (Å²) >= 11 is 0. The lowest BCUT2D eigenvalue weighted by Crippen LogP contribution is -2.63. The average molecular weight is 443 g/mol. The first-order valence-electron chi connectivity index (χ1n) is 14.0. The van der Waals surface area contributed by atoms with Crippen molar-refractivity contribution in [3.05, 3.63) is 11.6 Å². The molecule has 10 atom stereocenters. The molecule has 5 rings (SSSR count). The first-order chi connectivity index (χ1) is 15.1. The zero-order valence-electron chi connectivity index (χ0n) is 22.0. The van der Waals surface area contributed by atoms with Crippen LogP contribution in [-0.4, -0.2) is 17.5 Å². The van der Waals surface area contributed by atoms with Gasteiger partial charge >= 0.3 is 0 Å². The molecular formula is C30H50O2. The van der Waals surface area contributed by atoms with Crippen LogP contribution in [0.4, 0.5) is 0 Å². The second-order valence-corrected chi connectivity index (χ2v) is 13.1. The third kappa shape index (κ3) is 3.10. The normalized spacial score (nSPS) is 54.4. The highest BCUT2D eigenvalue weighted by atomic mass is 16.3.